The van der Waals surface area contributed by atoms with Crippen molar-refractivity contribution in [3.63, 3.8) is 0 Å². The van der Waals surface area contributed by atoms with Crippen molar-refractivity contribution in [3.05, 3.63) is 299 Å². The monoisotopic (exact) mass is 1020 g/mol. The Morgan fingerprint density at radius 1 is 0.494 bits per heavy atom. The molecule has 16 rings (SSSR count). The predicted octanol–water partition coefficient (Wildman–Crippen LogP) is 15.0. The molecule has 0 radical (unpaired) electrons. The maximum atomic E-state index is 12.2. The van der Waals surface area contributed by atoms with Crippen LogP contribution in [0.3, 0.4) is 0 Å². The Morgan fingerprint density at radius 3 is 1.89 bits per heavy atom. The molecule has 10 nitrogen and oxygen atoms in total. The van der Waals surface area contributed by atoms with E-state index in [0.717, 1.165) is 107 Å². The molecule has 0 aromatic heterocycles. The van der Waals surface area contributed by atoms with Crippen LogP contribution < -0.4 is 25.8 Å². The minimum Gasteiger partial charge on any atom is -0.507 e. The molecule has 0 spiro atoms. The number of aliphatic hydroxyl groups excluding tert-OH is 2. The standard InChI is InChI=1S/C69H48N8O2/c78-65-63(66(79)64(65)52-33-36-58-61-49(52)23-12-26-55(61)72-68(74-58)76(44-18-3-1-4-19-44)46-30-28-40-14-7-9-16-42(40)38-46)51-32-35-57-60-48(51)22-11-25-54(60)70-67(71-57)53-34-37-59-62-50(53)24-13-27-56(62)73-69(75-59)77(45-20-5-2-6-21-45)47-31-29-41-15-8-10-17-43(41)39-47/h1-39,48,51,55,61,78-79H,(H,70,71)(H,72,74)(H,73,75). The van der Waals surface area contributed by atoms with E-state index in [-0.39, 0.29) is 35.3 Å². The van der Waals surface area contributed by atoms with Gasteiger partial charge in [-0.15, -0.1) is 0 Å². The summed E-state index contributed by atoms with van der Waals surface area (Å²) in [5.74, 6) is 1.74. The summed E-state index contributed by atoms with van der Waals surface area (Å²) in [5, 5.41) is 42.2. The van der Waals surface area contributed by atoms with Gasteiger partial charge in [0, 0.05) is 68.1 Å². The molecule has 5 aliphatic carbocycles. The lowest BCUT2D eigenvalue weighted by Crippen LogP contribution is -2.48. The highest BCUT2D eigenvalue weighted by molar-refractivity contribution is 6.23. The molecule has 3 aliphatic heterocycles. The van der Waals surface area contributed by atoms with Gasteiger partial charge >= 0.3 is 0 Å². The van der Waals surface area contributed by atoms with E-state index in [4.69, 9.17) is 15.0 Å². The van der Waals surface area contributed by atoms with Crippen molar-refractivity contribution in [2.45, 2.75) is 6.04 Å². The Labute approximate surface area is 455 Å². The molecule has 0 amide bonds. The lowest BCUT2D eigenvalue weighted by molar-refractivity contribution is 0.327. The van der Waals surface area contributed by atoms with Crippen LogP contribution in [-0.2, 0) is 0 Å². The maximum Gasteiger partial charge on any atom is 0.213 e. The van der Waals surface area contributed by atoms with Gasteiger partial charge in [0.05, 0.1) is 34.6 Å². The number of nitrogens with zero attached hydrogens (tertiary/aromatic N) is 5. The smallest absolute Gasteiger partial charge is 0.213 e. The van der Waals surface area contributed by atoms with Crippen molar-refractivity contribution in [1.29, 1.82) is 0 Å². The molecule has 8 aromatic carbocycles. The highest BCUT2D eigenvalue weighted by Crippen LogP contribution is 2.53. The van der Waals surface area contributed by atoms with Gasteiger partial charge in [-0.1, -0.05) is 152 Å². The average Bonchev–Trinajstić information content (AvgIpc) is 3.51. The molecule has 0 saturated carbocycles. The van der Waals surface area contributed by atoms with Crippen molar-refractivity contribution in [2.24, 2.45) is 32.7 Å². The highest BCUT2D eigenvalue weighted by Gasteiger charge is 2.46. The number of rotatable bonds is 7. The summed E-state index contributed by atoms with van der Waals surface area (Å²) in [5.41, 5.74) is 13.3. The van der Waals surface area contributed by atoms with E-state index < -0.39 is 0 Å². The third kappa shape index (κ3) is 7.07. The number of aliphatic hydroxyl groups is 2. The zero-order valence-corrected chi connectivity index (χ0v) is 42.5. The number of amidine groups is 1. The van der Waals surface area contributed by atoms with Crippen LogP contribution in [0, 0.1) is 17.8 Å². The van der Waals surface area contributed by atoms with Crippen molar-refractivity contribution in [3.8, 4) is 0 Å². The first kappa shape index (κ1) is 44.8. The van der Waals surface area contributed by atoms with Crippen molar-refractivity contribution >= 4 is 84.2 Å². The van der Waals surface area contributed by atoms with Crippen molar-refractivity contribution in [1.82, 2.24) is 10.6 Å². The molecule has 79 heavy (non-hydrogen) atoms. The molecule has 4 unspecified atom stereocenters. The molecular formula is C69H48N8O2. The second-order valence-corrected chi connectivity index (χ2v) is 20.8. The Kier molecular flexibility index (Phi) is 9.96. The molecule has 4 atom stereocenters. The third-order valence-electron chi connectivity index (χ3n) is 16.4. The van der Waals surface area contributed by atoms with Gasteiger partial charge in [-0.05, 0) is 123 Å². The molecular weight excluding hydrogens is 973 g/mol. The van der Waals surface area contributed by atoms with Gasteiger partial charge < -0.3 is 26.2 Å². The zero-order chi connectivity index (χ0) is 52.3. The van der Waals surface area contributed by atoms with Crippen LogP contribution in [0.5, 0.6) is 0 Å². The van der Waals surface area contributed by atoms with Crippen LogP contribution in [0.2, 0.25) is 0 Å². The Bertz CT molecular complexity index is 4450. The molecule has 0 fully saturated rings. The third-order valence-corrected chi connectivity index (χ3v) is 16.4. The van der Waals surface area contributed by atoms with Gasteiger partial charge in [0.1, 0.15) is 17.4 Å². The maximum absolute atomic E-state index is 12.2. The first-order valence-corrected chi connectivity index (χ1v) is 26.8. The zero-order valence-electron chi connectivity index (χ0n) is 42.5. The number of anilines is 5. The number of fused-ring (bicyclic) bond motifs is 2. The second-order valence-electron chi connectivity index (χ2n) is 20.8. The summed E-state index contributed by atoms with van der Waals surface area (Å²) in [6.45, 7) is 0. The van der Waals surface area contributed by atoms with Gasteiger partial charge in [0.25, 0.3) is 0 Å². The van der Waals surface area contributed by atoms with Crippen molar-refractivity contribution in [2.75, 3.05) is 15.1 Å². The summed E-state index contributed by atoms with van der Waals surface area (Å²) in [4.78, 5) is 20.3. The molecule has 376 valence electrons. The van der Waals surface area contributed by atoms with Crippen molar-refractivity contribution < 1.29 is 10.2 Å². The van der Waals surface area contributed by atoms with Gasteiger partial charge in [0.2, 0.25) is 11.9 Å². The van der Waals surface area contributed by atoms with Crippen LogP contribution in [0.25, 0.3) is 32.3 Å². The summed E-state index contributed by atoms with van der Waals surface area (Å²) in [7, 11) is 0. The first-order chi connectivity index (χ1) is 39.0. The summed E-state index contributed by atoms with van der Waals surface area (Å²) in [6, 6.07) is 60.8. The van der Waals surface area contributed by atoms with Gasteiger partial charge in [-0.25, -0.2) is 15.0 Å². The Morgan fingerprint density at radius 2 is 1.16 bits per heavy atom. The number of hydrogen-bond acceptors (Lipinski definition) is 10. The molecule has 8 aromatic rings. The number of hydrogen-bond donors (Lipinski definition) is 5. The largest absolute Gasteiger partial charge is 0.507 e. The quantitative estimate of drug-likeness (QED) is 0.108. The highest BCUT2D eigenvalue weighted by atomic mass is 16.3. The number of nitrogens with one attached hydrogen (secondary N) is 3. The lowest BCUT2D eigenvalue weighted by atomic mass is 9.67. The SMILES string of the molecule is OC1=C(C2=CC=C3NC(N(c4ccccc4)c4ccc5ccccc5c4)=NC4C=CC=C2C34)C(O)=C1C1C=CC2=C3C(=CC=CC31)NC(c1ccc3c4c(cccc14)N=C(N(c1ccccc1)c1ccc4ccccc4c1)N3)=N2. The summed E-state index contributed by atoms with van der Waals surface area (Å²) >= 11 is 0. The fourth-order valence-corrected chi connectivity index (χ4v) is 12.8. The summed E-state index contributed by atoms with van der Waals surface area (Å²) in [6.07, 6.45) is 20.8. The van der Waals surface area contributed by atoms with E-state index in [1.54, 1.807) is 0 Å². The van der Waals surface area contributed by atoms with E-state index >= 15 is 0 Å². The number of guanidine groups is 2. The van der Waals surface area contributed by atoms with Crippen LogP contribution in [-0.4, -0.2) is 34.0 Å². The molecule has 0 bridgehead atoms. The van der Waals surface area contributed by atoms with E-state index in [0.29, 0.717) is 17.1 Å². The molecule has 5 N–H and O–H groups in total. The molecule has 0 saturated heterocycles. The fraction of sp³-hybridized carbons (Fsp3) is 0.0580. The minimum absolute atomic E-state index is 0.107. The average molecular weight is 1020 g/mol. The van der Waals surface area contributed by atoms with E-state index in [1.807, 2.05) is 42.5 Å². The number of allylic oxidation sites excluding steroid dienone is 12. The fourth-order valence-electron chi connectivity index (χ4n) is 12.8. The first-order valence-electron chi connectivity index (χ1n) is 26.8. The molecule has 3 heterocycles. The predicted molar refractivity (Wildman–Crippen MR) is 320 cm³/mol. The Hall–Kier alpha value is -10.5. The molecule has 10 heteroatoms. The Balaban J connectivity index is 0.691. The topological polar surface area (TPSA) is 120 Å². The van der Waals surface area contributed by atoms with Gasteiger partial charge in [0.15, 0.2) is 0 Å². The van der Waals surface area contributed by atoms with E-state index in [9.17, 15) is 10.2 Å². The van der Waals surface area contributed by atoms with Gasteiger partial charge in [-0.3, -0.25) is 9.80 Å². The van der Waals surface area contributed by atoms with Crippen LogP contribution >= 0.6 is 0 Å². The minimum atomic E-state index is -0.324. The van der Waals surface area contributed by atoms with Crippen LogP contribution in [0.4, 0.5) is 34.1 Å². The number of benzene rings is 8. The van der Waals surface area contributed by atoms with Crippen LogP contribution in [0.15, 0.2) is 308 Å². The van der Waals surface area contributed by atoms with Crippen LogP contribution in [0.1, 0.15) is 5.56 Å². The second kappa shape index (κ2) is 17.6. The van der Waals surface area contributed by atoms with E-state index in [2.05, 4.69) is 220 Å². The normalized spacial score (nSPS) is 21.0. The number of aliphatic imine (C=N–C) groups is 3. The van der Waals surface area contributed by atoms with Gasteiger partial charge in [-0.2, -0.15) is 0 Å². The molecule has 8 aliphatic rings. The summed E-state index contributed by atoms with van der Waals surface area (Å²) < 4.78 is 0. The van der Waals surface area contributed by atoms with E-state index in [1.165, 1.54) is 10.8 Å². The lowest BCUT2D eigenvalue weighted by Gasteiger charge is -2.42. The number of para-hydroxylation sites is 2.